The van der Waals surface area contributed by atoms with Crippen LogP contribution in [0.2, 0.25) is 0 Å². The lowest BCUT2D eigenvalue weighted by molar-refractivity contribution is -0.140. The lowest BCUT2D eigenvalue weighted by Crippen LogP contribution is -2.45. The highest BCUT2D eigenvalue weighted by molar-refractivity contribution is 5.97. The Morgan fingerprint density at radius 2 is 1.97 bits per heavy atom. The van der Waals surface area contributed by atoms with Crippen molar-refractivity contribution in [3.8, 4) is 0 Å². The minimum Gasteiger partial charge on any atom is -0.464 e. The van der Waals surface area contributed by atoms with Crippen LogP contribution in [0.25, 0.3) is 11.0 Å². The van der Waals surface area contributed by atoms with Crippen molar-refractivity contribution in [3.63, 3.8) is 0 Å². The molecule has 0 saturated carbocycles. The zero-order valence-electron chi connectivity index (χ0n) is 16.8. The van der Waals surface area contributed by atoms with Crippen LogP contribution in [0.4, 0.5) is 5.69 Å². The van der Waals surface area contributed by atoms with E-state index in [1.54, 1.807) is 17.2 Å². The molecule has 1 atom stereocenters. The highest BCUT2D eigenvalue weighted by atomic mass is 16.5. The first-order valence-corrected chi connectivity index (χ1v) is 10.4. The molecule has 1 aromatic heterocycles. The highest BCUT2D eigenvalue weighted by Gasteiger charge is 2.30. The van der Waals surface area contributed by atoms with E-state index in [-0.39, 0.29) is 24.3 Å². The molecule has 0 unspecified atom stereocenters. The number of hydrogen-bond acceptors (Lipinski definition) is 5. The SMILES string of the molecule is O=C(CN1CCCC[C@H](N=C(NO)Nc2ccc3occc3c2)C1=O)N1CCCC1. The van der Waals surface area contributed by atoms with E-state index in [1.807, 2.05) is 23.1 Å². The van der Waals surface area contributed by atoms with E-state index >= 15 is 0 Å². The molecule has 2 fully saturated rings. The van der Waals surface area contributed by atoms with Crippen molar-refractivity contribution in [2.24, 2.45) is 4.99 Å². The van der Waals surface area contributed by atoms with E-state index in [9.17, 15) is 14.8 Å². The van der Waals surface area contributed by atoms with Gasteiger partial charge in [0.05, 0.1) is 12.8 Å². The predicted octanol–water partition coefficient (Wildman–Crippen LogP) is 2.18. The number of nitrogens with zero attached hydrogens (tertiary/aromatic N) is 3. The number of guanidine groups is 1. The quantitative estimate of drug-likeness (QED) is 0.403. The number of fused-ring (bicyclic) bond motifs is 1. The molecule has 0 radical (unpaired) electrons. The number of furan rings is 1. The van der Waals surface area contributed by atoms with Gasteiger partial charge in [0.15, 0.2) is 0 Å². The zero-order chi connectivity index (χ0) is 20.9. The van der Waals surface area contributed by atoms with Crippen LogP contribution in [-0.4, -0.2) is 65.0 Å². The minimum absolute atomic E-state index is 0.00229. The molecule has 160 valence electrons. The fraction of sp³-hybridized carbons (Fsp3) is 0.476. The van der Waals surface area contributed by atoms with E-state index in [1.165, 1.54) is 0 Å². The molecule has 2 aliphatic rings. The average molecular weight is 413 g/mol. The van der Waals surface area contributed by atoms with Gasteiger partial charge in [-0.05, 0) is 56.4 Å². The summed E-state index contributed by atoms with van der Waals surface area (Å²) in [5, 5.41) is 13.5. The first kappa shape index (κ1) is 20.2. The van der Waals surface area contributed by atoms with E-state index < -0.39 is 6.04 Å². The molecule has 2 aromatic rings. The summed E-state index contributed by atoms with van der Waals surface area (Å²) in [7, 11) is 0. The second-order valence-corrected chi connectivity index (χ2v) is 7.75. The number of hydrogen-bond donors (Lipinski definition) is 3. The monoisotopic (exact) mass is 413 g/mol. The molecular weight excluding hydrogens is 386 g/mol. The summed E-state index contributed by atoms with van der Waals surface area (Å²) >= 11 is 0. The van der Waals surface area contributed by atoms with Crippen molar-refractivity contribution < 1.29 is 19.2 Å². The maximum Gasteiger partial charge on any atom is 0.247 e. The van der Waals surface area contributed by atoms with Crippen LogP contribution < -0.4 is 10.8 Å². The summed E-state index contributed by atoms with van der Waals surface area (Å²) in [6.45, 7) is 2.19. The van der Waals surface area contributed by atoms with Gasteiger partial charge in [-0.1, -0.05) is 0 Å². The van der Waals surface area contributed by atoms with Crippen LogP contribution in [0, 0.1) is 0 Å². The largest absolute Gasteiger partial charge is 0.464 e. The Hall–Kier alpha value is -3.07. The molecule has 4 rings (SSSR count). The van der Waals surface area contributed by atoms with E-state index in [0.29, 0.717) is 18.7 Å². The van der Waals surface area contributed by atoms with Crippen molar-refractivity contribution in [1.82, 2.24) is 15.3 Å². The molecular formula is C21H27N5O4. The lowest BCUT2D eigenvalue weighted by atomic mass is 10.1. The molecule has 2 aliphatic heterocycles. The summed E-state index contributed by atoms with van der Waals surface area (Å²) in [5.74, 6) is -0.0960. The van der Waals surface area contributed by atoms with Crippen molar-refractivity contribution in [3.05, 3.63) is 30.5 Å². The summed E-state index contributed by atoms with van der Waals surface area (Å²) in [6, 6.07) is 6.66. The third-order valence-corrected chi connectivity index (χ3v) is 5.64. The van der Waals surface area contributed by atoms with Crippen molar-refractivity contribution in [1.29, 1.82) is 0 Å². The molecule has 9 nitrogen and oxygen atoms in total. The zero-order valence-corrected chi connectivity index (χ0v) is 16.8. The number of aliphatic imine (C=N–C) groups is 1. The number of carbonyl (C=O) groups is 2. The Kier molecular flexibility index (Phi) is 6.18. The van der Waals surface area contributed by atoms with E-state index in [4.69, 9.17) is 4.42 Å². The first-order valence-electron chi connectivity index (χ1n) is 10.4. The van der Waals surface area contributed by atoms with Gasteiger partial charge in [-0.3, -0.25) is 14.8 Å². The standard InChI is InChI=1S/C21H27N5O4/c27-19(25-9-3-4-10-25)14-26-11-2-1-5-17(20(26)28)23-21(24-29)22-16-6-7-18-15(13-16)8-12-30-18/h6-8,12-13,17,29H,1-5,9-11,14H2,(H2,22,23,24)/t17-/m0/s1. The number of nitrogens with one attached hydrogen (secondary N) is 2. The number of carbonyl (C=O) groups excluding carboxylic acids is 2. The highest BCUT2D eigenvalue weighted by Crippen LogP contribution is 2.21. The van der Waals surface area contributed by atoms with Crippen LogP contribution in [0.5, 0.6) is 0 Å². The topological polar surface area (TPSA) is 110 Å². The predicted molar refractivity (Wildman–Crippen MR) is 112 cm³/mol. The van der Waals surface area contributed by atoms with Gasteiger partial charge >= 0.3 is 0 Å². The lowest BCUT2D eigenvalue weighted by Gasteiger charge is -2.25. The van der Waals surface area contributed by atoms with E-state index in [2.05, 4.69) is 15.8 Å². The normalized spacial score (nSPS) is 20.5. The Bertz CT molecular complexity index is 934. The number of amides is 2. The molecule has 3 N–H and O–H groups in total. The second kappa shape index (κ2) is 9.17. The molecule has 9 heteroatoms. The number of hydroxylamine groups is 1. The summed E-state index contributed by atoms with van der Waals surface area (Å²) < 4.78 is 5.33. The second-order valence-electron chi connectivity index (χ2n) is 7.75. The molecule has 0 bridgehead atoms. The summed E-state index contributed by atoms with van der Waals surface area (Å²) in [6.07, 6.45) is 5.88. The fourth-order valence-corrected chi connectivity index (χ4v) is 4.02. The smallest absolute Gasteiger partial charge is 0.247 e. The molecule has 2 amide bonds. The number of anilines is 1. The summed E-state index contributed by atoms with van der Waals surface area (Å²) in [5.41, 5.74) is 3.51. The van der Waals surface area contributed by atoms with Crippen LogP contribution >= 0.6 is 0 Å². The molecule has 0 spiro atoms. The molecule has 0 aliphatic carbocycles. The van der Waals surface area contributed by atoms with Gasteiger partial charge in [0, 0.05) is 30.7 Å². The number of benzene rings is 1. The Balaban J connectivity index is 1.46. The number of likely N-dealkylation sites (tertiary alicyclic amines) is 2. The van der Waals surface area contributed by atoms with Crippen LogP contribution in [0.1, 0.15) is 32.1 Å². The third-order valence-electron chi connectivity index (χ3n) is 5.64. The minimum atomic E-state index is -0.654. The maximum atomic E-state index is 13.0. The van der Waals surface area contributed by atoms with E-state index in [0.717, 1.165) is 49.7 Å². The van der Waals surface area contributed by atoms with Gasteiger partial charge in [0.2, 0.25) is 17.8 Å². The third kappa shape index (κ3) is 4.56. The van der Waals surface area contributed by atoms with Crippen LogP contribution in [0.3, 0.4) is 0 Å². The average Bonchev–Trinajstić information content (AvgIpc) is 3.42. The molecule has 3 heterocycles. The number of rotatable bonds is 4. The van der Waals surface area contributed by atoms with Crippen molar-refractivity contribution in [2.45, 2.75) is 38.1 Å². The molecule has 30 heavy (non-hydrogen) atoms. The van der Waals surface area contributed by atoms with Gasteiger partial charge in [-0.2, -0.15) is 0 Å². The van der Waals surface area contributed by atoms with Gasteiger partial charge in [-0.15, -0.1) is 0 Å². The molecule has 1 aromatic carbocycles. The van der Waals surface area contributed by atoms with Crippen molar-refractivity contribution in [2.75, 3.05) is 31.5 Å². The van der Waals surface area contributed by atoms with Gasteiger partial charge in [0.1, 0.15) is 11.6 Å². The fourth-order valence-electron chi connectivity index (χ4n) is 4.02. The summed E-state index contributed by atoms with van der Waals surface area (Å²) in [4.78, 5) is 33.4. The van der Waals surface area contributed by atoms with Crippen LogP contribution in [-0.2, 0) is 9.59 Å². The Morgan fingerprint density at radius 3 is 2.77 bits per heavy atom. The van der Waals surface area contributed by atoms with Gasteiger partial charge < -0.3 is 19.5 Å². The Labute approximate surface area is 174 Å². The van der Waals surface area contributed by atoms with Gasteiger partial charge in [-0.25, -0.2) is 10.5 Å². The van der Waals surface area contributed by atoms with Crippen molar-refractivity contribution >= 4 is 34.4 Å². The first-order chi connectivity index (χ1) is 14.6. The van der Waals surface area contributed by atoms with Crippen LogP contribution in [0.15, 0.2) is 39.9 Å². The maximum absolute atomic E-state index is 13.0. The van der Waals surface area contributed by atoms with Gasteiger partial charge in [0.25, 0.3) is 0 Å². The molecule has 2 saturated heterocycles. The Morgan fingerprint density at radius 1 is 1.17 bits per heavy atom.